The van der Waals surface area contributed by atoms with Crippen LogP contribution >= 0.6 is 47.8 Å². The molecule has 1 amide bonds. The normalized spacial score (nSPS) is 9.58. The molecule has 0 saturated heterocycles. The van der Waals surface area contributed by atoms with Gasteiger partial charge in [0.25, 0.3) is 0 Å². The molecule has 134 valence electrons. The zero-order valence-corrected chi connectivity index (χ0v) is 16.1. The molecule has 0 spiro atoms. The van der Waals surface area contributed by atoms with E-state index in [0.29, 0.717) is 24.7 Å². The van der Waals surface area contributed by atoms with Crippen LogP contribution in [0.3, 0.4) is 0 Å². The summed E-state index contributed by atoms with van der Waals surface area (Å²) in [4.78, 5) is 16.1. The number of carbonyl (C=O) groups is 1. The van der Waals surface area contributed by atoms with E-state index in [4.69, 9.17) is 22.1 Å². The van der Waals surface area contributed by atoms with Gasteiger partial charge in [0.15, 0.2) is 0 Å². The van der Waals surface area contributed by atoms with Gasteiger partial charge >= 0.3 is 0 Å². The molecule has 0 fully saturated rings. The van der Waals surface area contributed by atoms with Crippen LogP contribution in [0.4, 0.5) is 0 Å². The first-order valence-electron chi connectivity index (χ1n) is 6.96. The summed E-state index contributed by atoms with van der Waals surface area (Å²) >= 11 is 7.30. The molecule has 0 unspecified atom stereocenters. The van der Waals surface area contributed by atoms with Gasteiger partial charge in [-0.15, -0.1) is 36.2 Å². The number of hydrogen-bond donors (Lipinski definition) is 2. The van der Waals surface area contributed by atoms with E-state index in [9.17, 15) is 4.79 Å². The molecule has 0 aliphatic rings. The van der Waals surface area contributed by atoms with Gasteiger partial charge in [0.2, 0.25) is 5.91 Å². The third kappa shape index (κ3) is 8.17. The van der Waals surface area contributed by atoms with E-state index >= 15 is 0 Å². The Morgan fingerprint density at radius 2 is 2.00 bits per heavy atom. The third-order valence-electron chi connectivity index (χ3n) is 2.82. The first kappa shape index (κ1) is 22.9. The van der Waals surface area contributed by atoms with Crippen molar-refractivity contribution >= 4 is 53.7 Å². The number of ether oxygens (including phenoxy) is 1. The van der Waals surface area contributed by atoms with Crippen LogP contribution in [0.15, 0.2) is 29.6 Å². The number of rotatable bonds is 8. The lowest BCUT2D eigenvalue weighted by atomic mass is 10.3. The highest BCUT2D eigenvalue weighted by Gasteiger charge is 2.08. The third-order valence-corrected chi connectivity index (χ3v) is 3.94. The van der Waals surface area contributed by atoms with Gasteiger partial charge in [-0.05, 0) is 37.2 Å². The van der Waals surface area contributed by atoms with E-state index in [1.54, 1.807) is 12.1 Å². The number of thiazole rings is 1. The Morgan fingerprint density at radius 1 is 1.29 bits per heavy atom. The van der Waals surface area contributed by atoms with Crippen molar-refractivity contribution in [1.82, 2.24) is 10.3 Å². The first-order valence-corrected chi connectivity index (χ1v) is 8.21. The smallest absolute Gasteiger partial charge is 0.226 e. The van der Waals surface area contributed by atoms with Gasteiger partial charge in [-0.1, -0.05) is 11.6 Å². The summed E-state index contributed by atoms with van der Waals surface area (Å²) in [5.41, 5.74) is 6.13. The Balaban J connectivity index is 0.00000264. The fourth-order valence-electron chi connectivity index (χ4n) is 1.73. The van der Waals surface area contributed by atoms with Crippen LogP contribution in [0.5, 0.6) is 5.75 Å². The van der Waals surface area contributed by atoms with Crippen LogP contribution in [0.25, 0.3) is 0 Å². The fourth-order valence-corrected chi connectivity index (χ4v) is 2.56. The average Bonchev–Trinajstić information content (AvgIpc) is 2.94. The van der Waals surface area contributed by atoms with Gasteiger partial charge in [0.05, 0.1) is 12.1 Å². The highest BCUT2D eigenvalue weighted by atomic mass is 35.5. The van der Waals surface area contributed by atoms with Gasteiger partial charge in [-0.2, -0.15) is 0 Å². The van der Waals surface area contributed by atoms with Crippen LogP contribution in [0.2, 0.25) is 5.02 Å². The summed E-state index contributed by atoms with van der Waals surface area (Å²) in [7, 11) is 0. The molecule has 2 rings (SSSR count). The molecule has 3 N–H and O–H groups in total. The molecule has 0 atom stereocenters. The van der Waals surface area contributed by atoms with Crippen molar-refractivity contribution in [3.8, 4) is 5.75 Å². The molecule has 9 heteroatoms. The van der Waals surface area contributed by atoms with Crippen molar-refractivity contribution in [2.75, 3.05) is 13.1 Å². The van der Waals surface area contributed by atoms with E-state index in [2.05, 4.69) is 10.3 Å². The lowest BCUT2D eigenvalue weighted by molar-refractivity contribution is -0.120. The van der Waals surface area contributed by atoms with Crippen molar-refractivity contribution in [3.63, 3.8) is 0 Å². The van der Waals surface area contributed by atoms with E-state index in [0.717, 1.165) is 22.9 Å². The number of benzene rings is 1. The molecule has 2 aromatic rings. The average molecular weight is 413 g/mol. The number of nitrogens with one attached hydrogen (secondary N) is 1. The number of aromatic nitrogens is 1. The first-order chi connectivity index (χ1) is 10.7. The van der Waals surface area contributed by atoms with Gasteiger partial charge in [0.1, 0.15) is 17.4 Å². The van der Waals surface area contributed by atoms with Crippen LogP contribution in [0, 0.1) is 0 Å². The van der Waals surface area contributed by atoms with Crippen LogP contribution in [0.1, 0.15) is 17.1 Å². The number of amides is 1. The molecular formula is C15H20Cl3N3O2S. The second kappa shape index (κ2) is 12.3. The standard InChI is InChI=1S/C15H18ClN3O2S.2ClH/c16-11-2-4-13(5-3-11)21-9-15-19-12(10-22-15)8-14(20)18-7-1-6-17;;/h2-5,10H,1,6-9,17H2,(H,18,20);2*1H. The number of carbonyl (C=O) groups excluding carboxylic acids is 1. The molecule has 0 aliphatic heterocycles. The van der Waals surface area contributed by atoms with E-state index in [1.165, 1.54) is 11.3 Å². The maximum atomic E-state index is 11.7. The van der Waals surface area contributed by atoms with Crippen molar-refractivity contribution < 1.29 is 9.53 Å². The number of nitrogens with zero attached hydrogens (tertiary/aromatic N) is 1. The van der Waals surface area contributed by atoms with Gasteiger partial charge in [0, 0.05) is 16.9 Å². The van der Waals surface area contributed by atoms with Crippen molar-refractivity contribution in [2.24, 2.45) is 5.73 Å². The molecule has 5 nitrogen and oxygen atoms in total. The highest BCUT2D eigenvalue weighted by molar-refractivity contribution is 7.09. The fraction of sp³-hybridized carbons (Fsp3) is 0.333. The summed E-state index contributed by atoms with van der Waals surface area (Å²) in [5, 5.41) is 6.19. The molecule has 0 saturated carbocycles. The number of nitrogens with two attached hydrogens (primary N) is 1. The molecule has 1 heterocycles. The molecule has 24 heavy (non-hydrogen) atoms. The highest BCUT2D eigenvalue weighted by Crippen LogP contribution is 2.18. The van der Waals surface area contributed by atoms with Gasteiger partial charge in [-0.25, -0.2) is 4.98 Å². The minimum absolute atomic E-state index is 0. The second-order valence-corrected chi connectivity index (χ2v) is 6.02. The maximum Gasteiger partial charge on any atom is 0.226 e. The Kier molecular flexibility index (Phi) is 11.8. The van der Waals surface area contributed by atoms with Gasteiger partial charge in [-0.3, -0.25) is 4.79 Å². The lowest BCUT2D eigenvalue weighted by Crippen LogP contribution is -2.27. The molecule has 0 aliphatic carbocycles. The van der Waals surface area contributed by atoms with Gasteiger partial charge < -0.3 is 15.8 Å². The minimum atomic E-state index is -0.0380. The van der Waals surface area contributed by atoms with Crippen molar-refractivity contribution in [2.45, 2.75) is 19.4 Å². The summed E-state index contributed by atoms with van der Waals surface area (Å²) in [5.74, 6) is 0.699. The van der Waals surface area contributed by atoms with Crippen LogP contribution in [-0.2, 0) is 17.8 Å². The lowest BCUT2D eigenvalue weighted by Gasteiger charge is -2.03. The molecule has 1 aromatic heterocycles. The van der Waals surface area contributed by atoms with E-state index in [1.807, 2.05) is 17.5 Å². The van der Waals surface area contributed by atoms with Crippen LogP contribution in [-0.4, -0.2) is 24.0 Å². The molecular weight excluding hydrogens is 393 g/mol. The summed E-state index contributed by atoms with van der Waals surface area (Å²) in [6.07, 6.45) is 1.06. The quantitative estimate of drug-likeness (QED) is 0.653. The van der Waals surface area contributed by atoms with Crippen molar-refractivity contribution in [1.29, 1.82) is 0 Å². The van der Waals surface area contributed by atoms with E-state index < -0.39 is 0 Å². The van der Waals surface area contributed by atoms with E-state index in [-0.39, 0.29) is 37.1 Å². The maximum absolute atomic E-state index is 11.7. The predicted octanol–water partition coefficient (Wildman–Crippen LogP) is 3.23. The number of hydrogen-bond acceptors (Lipinski definition) is 5. The zero-order chi connectivity index (χ0) is 15.8. The van der Waals surface area contributed by atoms with Crippen molar-refractivity contribution in [3.05, 3.63) is 45.4 Å². The molecule has 0 bridgehead atoms. The minimum Gasteiger partial charge on any atom is -0.486 e. The van der Waals surface area contributed by atoms with Crippen LogP contribution < -0.4 is 15.8 Å². The largest absolute Gasteiger partial charge is 0.486 e. The summed E-state index contributed by atoms with van der Waals surface area (Å²) in [6, 6.07) is 7.16. The Labute approximate surface area is 162 Å². The molecule has 0 radical (unpaired) electrons. The Morgan fingerprint density at radius 3 is 2.67 bits per heavy atom. The molecule has 1 aromatic carbocycles. The second-order valence-electron chi connectivity index (χ2n) is 4.64. The topological polar surface area (TPSA) is 77.2 Å². The Bertz CT molecular complexity index is 608. The Hall–Kier alpha value is -1.05. The monoisotopic (exact) mass is 411 g/mol. The number of halogens is 3. The zero-order valence-electron chi connectivity index (χ0n) is 12.9. The predicted molar refractivity (Wildman–Crippen MR) is 103 cm³/mol. The summed E-state index contributed by atoms with van der Waals surface area (Å²) in [6.45, 7) is 1.55. The summed E-state index contributed by atoms with van der Waals surface area (Å²) < 4.78 is 5.62. The SMILES string of the molecule is Cl.Cl.NCCCNC(=O)Cc1csc(COc2ccc(Cl)cc2)n1.